The number of carbonyl (C=O) groups is 1. The molecule has 0 atom stereocenters. The zero-order chi connectivity index (χ0) is 65.1. The number of aliphatic carboxylic acids is 1. The van der Waals surface area contributed by atoms with Crippen LogP contribution in [0.25, 0.3) is 0 Å². The first-order valence-corrected chi connectivity index (χ1v) is 33.4. The van der Waals surface area contributed by atoms with Crippen LogP contribution in [0.15, 0.2) is 0 Å². The van der Waals surface area contributed by atoms with Gasteiger partial charge in [0.2, 0.25) is 0 Å². The number of ether oxygens (including phenoxy) is 24. The van der Waals surface area contributed by atoms with Gasteiger partial charge in [-0.2, -0.15) is 0 Å². The lowest BCUT2D eigenvalue weighted by atomic mass is 10.2. The first-order valence-electron chi connectivity index (χ1n) is 33.4. The molecule has 546 valence electrons. The third kappa shape index (κ3) is 88.4. The van der Waals surface area contributed by atoms with Gasteiger partial charge in [-0.1, -0.05) is 6.42 Å². The second-order valence-electron chi connectivity index (χ2n) is 19.6. The molecule has 0 unspecified atom stereocenters. The fraction of sp³-hybridized carbons (Fsp3) is 0.984. The summed E-state index contributed by atoms with van der Waals surface area (Å²) in [6.07, 6.45) is 6.42. The summed E-state index contributed by atoms with van der Waals surface area (Å²) in [7, 11) is 1.64. The van der Waals surface area contributed by atoms with Crippen molar-refractivity contribution in [2.75, 3.05) is 357 Å². The van der Waals surface area contributed by atoms with Crippen molar-refractivity contribution in [1.82, 2.24) is 16.0 Å². The van der Waals surface area contributed by atoms with Gasteiger partial charge in [-0.05, 0) is 58.3 Å². The fourth-order valence-electron chi connectivity index (χ4n) is 7.14. The molecule has 0 aliphatic heterocycles. The summed E-state index contributed by atoms with van der Waals surface area (Å²) >= 11 is 0. The van der Waals surface area contributed by atoms with Crippen LogP contribution in [0, 0.1) is 0 Å². The van der Waals surface area contributed by atoms with Gasteiger partial charge in [-0.15, -0.1) is 0 Å². The van der Waals surface area contributed by atoms with Crippen molar-refractivity contribution in [2.24, 2.45) is 0 Å². The second kappa shape index (κ2) is 86.4. The number of carboxylic acid groups (broad SMARTS) is 1. The van der Waals surface area contributed by atoms with Gasteiger partial charge in [0.25, 0.3) is 0 Å². The van der Waals surface area contributed by atoms with Crippen molar-refractivity contribution in [3.63, 3.8) is 0 Å². The molecule has 91 heavy (non-hydrogen) atoms. The summed E-state index contributed by atoms with van der Waals surface area (Å²) < 4.78 is 132. The molecule has 29 nitrogen and oxygen atoms in total. The number of rotatable bonds is 87. The molecule has 0 amide bonds. The van der Waals surface area contributed by atoms with E-state index >= 15 is 0 Å². The molecule has 0 spiro atoms. The molecule has 0 aromatic rings. The topological polar surface area (TPSA) is 295 Å². The van der Waals surface area contributed by atoms with Gasteiger partial charge in [0.1, 0.15) is 0 Å². The van der Waals surface area contributed by atoms with Crippen LogP contribution in [-0.4, -0.2) is 368 Å². The Hall–Kier alpha value is -1.61. The number of carboxylic acids is 1. The highest BCUT2D eigenvalue weighted by atomic mass is 16.6. The largest absolute Gasteiger partial charge is 0.481 e. The summed E-state index contributed by atoms with van der Waals surface area (Å²) in [4.78, 5) is 10.5. The van der Waals surface area contributed by atoms with Crippen LogP contribution in [0.4, 0.5) is 0 Å². The molecule has 0 aromatic heterocycles. The van der Waals surface area contributed by atoms with E-state index in [1.54, 1.807) is 7.11 Å². The Morgan fingerprint density at radius 1 is 0.198 bits per heavy atom. The average Bonchev–Trinajstić information content (AvgIpc) is 3.55. The van der Waals surface area contributed by atoms with Gasteiger partial charge in [-0.25, -0.2) is 0 Å². The summed E-state index contributed by atoms with van der Waals surface area (Å²) in [5.41, 5.74) is 0. The first kappa shape index (κ1) is 89.4. The summed E-state index contributed by atoms with van der Waals surface area (Å²) in [5, 5.41) is 18.9. The van der Waals surface area contributed by atoms with Crippen LogP contribution in [0.2, 0.25) is 0 Å². The normalized spacial score (nSPS) is 11.7. The number of methoxy groups -OCH3 is 1. The summed E-state index contributed by atoms with van der Waals surface area (Å²) in [6.45, 7) is 29.6. The van der Waals surface area contributed by atoms with Crippen molar-refractivity contribution >= 4 is 5.97 Å². The van der Waals surface area contributed by atoms with E-state index in [1.165, 1.54) is 19.3 Å². The zero-order valence-corrected chi connectivity index (χ0v) is 56.1. The van der Waals surface area contributed by atoms with Crippen LogP contribution in [0.1, 0.15) is 44.9 Å². The Kier molecular flexibility index (Phi) is 84.9. The quantitative estimate of drug-likeness (QED) is 0.0629. The summed E-state index contributed by atoms with van der Waals surface area (Å²) in [5.74, 6) is -0.720. The molecule has 0 saturated heterocycles. The highest BCUT2D eigenvalue weighted by molar-refractivity contribution is 5.66. The maximum Gasteiger partial charge on any atom is 0.303 e. The van der Waals surface area contributed by atoms with Gasteiger partial charge < -0.3 is 135 Å². The molecule has 0 fully saturated rings. The van der Waals surface area contributed by atoms with Gasteiger partial charge in [-0.3, -0.25) is 4.79 Å². The van der Waals surface area contributed by atoms with E-state index in [2.05, 4.69) is 16.0 Å². The molecule has 0 aliphatic rings. The van der Waals surface area contributed by atoms with Crippen LogP contribution >= 0.6 is 0 Å². The summed E-state index contributed by atoms with van der Waals surface area (Å²) in [6, 6.07) is 0. The smallest absolute Gasteiger partial charge is 0.303 e. The van der Waals surface area contributed by atoms with Crippen molar-refractivity contribution in [3.05, 3.63) is 0 Å². The van der Waals surface area contributed by atoms with Crippen molar-refractivity contribution in [2.45, 2.75) is 44.9 Å². The monoisotopic (exact) mass is 1330 g/mol. The predicted molar refractivity (Wildman–Crippen MR) is 339 cm³/mol. The van der Waals surface area contributed by atoms with E-state index in [4.69, 9.17) is 119 Å². The van der Waals surface area contributed by atoms with Crippen LogP contribution in [-0.2, 0) is 118 Å². The van der Waals surface area contributed by atoms with E-state index in [0.29, 0.717) is 304 Å². The number of unbranched alkanes of at least 4 members (excludes halogenated alkanes) is 3. The molecule has 0 saturated carbocycles. The molecule has 4 N–H and O–H groups in total. The standard InChI is InChI=1S/C62H127N3O26/c1-68-16-17-70-20-21-72-24-25-74-28-29-76-32-33-78-36-37-80-40-41-82-44-45-84-48-49-86-52-53-88-56-57-90-60-61-91-59-58-89-55-54-87-51-50-85-47-46-83-43-42-81-39-38-79-35-34-77-31-30-75-27-26-73-23-22-71-19-18-69-15-7-12-63-9-4-2-5-10-64-13-14-65-11-6-3-8-62(66)67/h63-65H,2-61H2,1H3,(H,66,67). The number of hydrogen-bond acceptors (Lipinski definition) is 28. The molecule has 29 heteroatoms. The lowest BCUT2D eigenvalue weighted by Gasteiger charge is -2.09. The Morgan fingerprint density at radius 3 is 0.538 bits per heavy atom. The SMILES string of the molecule is COCCOCCOCCOCCOCCOCCOCCOCCOCCOCCOCCOCCOCCOCCOCCOCCOCCOCCOCCOCCOCCOCCOCCOCCCNCCCCCNCCNCCCCC(=O)O. The Labute approximate surface area is 545 Å². The molecule has 0 heterocycles. The van der Waals surface area contributed by atoms with Gasteiger partial charge in [0, 0.05) is 33.2 Å². The minimum Gasteiger partial charge on any atom is -0.481 e. The minimum atomic E-state index is -0.720. The molecule has 0 aromatic carbocycles. The Morgan fingerprint density at radius 2 is 0.352 bits per heavy atom. The molecule has 0 rings (SSSR count). The predicted octanol–water partition coefficient (Wildman–Crippen LogP) is 1.60. The van der Waals surface area contributed by atoms with Crippen molar-refractivity contribution < 1.29 is 124 Å². The van der Waals surface area contributed by atoms with Crippen molar-refractivity contribution in [1.29, 1.82) is 0 Å². The third-order valence-electron chi connectivity index (χ3n) is 11.9. The van der Waals surface area contributed by atoms with Gasteiger partial charge in [0.05, 0.1) is 304 Å². The lowest BCUT2D eigenvalue weighted by Crippen LogP contribution is -2.28. The maximum atomic E-state index is 10.5. The van der Waals surface area contributed by atoms with E-state index < -0.39 is 5.97 Å². The molecule has 0 bridgehead atoms. The fourth-order valence-corrected chi connectivity index (χ4v) is 7.14. The highest BCUT2D eigenvalue weighted by Gasteiger charge is 2.02. The van der Waals surface area contributed by atoms with Crippen molar-refractivity contribution in [3.8, 4) is 0 Å². The van der Waals surface area contributed by atoms with Crippen LogP contribution in [0.5, 0.6) is 0 Å². The van der Waals surface area contributed by atoms with Gasteiger partial charge >= 0.3 is 5.97 Å². The van der Waals surface area contributed by atoms with Gasteiger partial charge in [0.15, 0.2) is 0 Å². The van der Waals surface area contributed by atoms with E-state index in [0.717, 1.165) is 65.1 Å². The zero-order valence-electron chi connectivity index (χ0n) is 56.1. The van der Waals surface area contributed by atoms with E-state index in [9.17, 15) is 4.79 Å². The molecule has 0 aliphatic carbocycles. The van der Waals surface area contributed by atoms with E-state index in [1.807, 2.05) is 0 Å². The number of nitrogens with one attached hydrogen (secondary N) is 3. The highest BCUT2D eigenvalue weighted by Crippen LogP contribution is 1.96. The Bertz CT molecular complexity index is 1310. The van der Waals surface area contributed by atoms with Crippen LogP contribution < -0.4 is 16.0 Å². The molecular formula is C62H127N3O26. The van der Waals surface area contributed by atoms with E-state index in [-0.39, 0.29) is 6.42 Å². The second-order valence-corrected chi connectivity index (χ2v) is 19.6. The average molecular weight is 1330 g/mol. The molecular weight excluding hydrogens is 1200 g/mol. The number of hydrogen-bond donors (Lipinski definition) is 4. The maximum absolute atomic E-state index is 10.5. The first-order chi connectivity index (χ1) is 45.3. The lowest BCUT2D eigenvalue weighted by molar-refractivity contribution is -0.137. The third-order valence-corrected chi connectivity index (χ3v) is 11.9. The minimum absolute atomic E-state index is 0.254. The Balaban J connectivity index is 3.09. The van der Waals surface area contributed by atoms with Crippen LogP contribution in [0.3, 0.4) is 0 Å². The molecule has 0 radical (unpaired) electrons.